The van der Waals surface area contributed by atoms with Gasteiger partial charge in [-0.1, -0.05) is 6.07 Å². The summed E-state index contributed by atoms with van der Waals surface area (Å²) in [5.41, 5.74) is 7.29. The van der Waals surface area contributed by atoms with Crippen molar-refractivity contribution >= 4 is 11.4 Å². The Morgan fingerprint density at radius 1 is 1.18 bits per heavy atom. The summed E-state index contributed by atoms with van der Waals surface area (Å²) in [4.78, 5) is 0. The van der Waals surface area contributed by atoms with E-state index in [0.29, 0.717) is 32.1 Å². The molecule has 0 aliphatic heterocycles. The van der Waals surface area contributed by atoms with Crippen molar-refractivity contribution in [2.45, 2.75) is 0 Å². The molecule has 0 fully saturated rings. The van der Waals surface area contributed by atoms with Crippen LogP contribution < -0.4 is 15.8 Å². The monoisotopic (exact) mass is 240 g/mol. The Balaban J connectivity index is 2.33. The molecule has 0 amide bonds. The van der Waals surface area contributed by atoms with Gasteiger partial charge in [-0.15, -0.1) is 0 Å². The van der Waals surface area contributed by atoms with Gasteiger partial charge in [-0.25, -0.2) is 0 Å². The van der Waals surface area contributed by atoms with Crippen LogP contribution in [0.2, 0.25) is 0 Å². The highest BCUT2D eigenvalue weighted by Gasteiger charge is 2.04. The zero-order valence-corrected chi connectivity index (χ0v) is 10.4. The molecule has 0 saturated carbocycles. The minimum Gasteiger partial charge on any atom is -0.489 e. The zero-order valence-electron chi connectivity index (χ0n) is 10.4. The quantitative estimate of drug-likeness (QED) is 0.530. The second-order valence-corrected chi connectivity index (χ2v) is 3.42. The summed E-state index contributed by atoms with van der Waals surface area (Å²) in [6.07, 6.45) is 0. The molecule has 1 rings (SSSR count). The van der Waals surface area contributed by atoms with Gasteiger partial charge in [-0.2, -0.15) is 0 Å². The molecule has 1 aromatic carbocycles. The zero-order chi connectivity index (χ0) is 12.5. The van der Waals surface area contributed by atoms with E-state index in [0.717, 1.165) is 11.4 Å². The fourth-order valence-electron chi connectivity index (χ4n) is 1.39. The van der Waals surface area contributed by atoms with Crippen molar-refractivity contribution in [3.63, 3.8) is 0 Å². The molecule has 3 N–H and O–H groups in total. The lowest BCUT2D eigenvalue weighted by atomic mass is 10.2. The molecule has 0 aliphatic rings. The summed E-state index contributed by atoms with van der Waals surface area (Å²) >= 11 is 0. The Labute approximate surface area is 102 Å². The number of hydrogen-bond donors (Lipinski definition) is 2. The van der Waals surface area contributed by atoms with Gasteiger partial charge in [-0.05, 0) is 12.1 Å². The molecule has 0 heterocycles. The Bertz CT molecular complexity index is 332. The Hall–Kier alpha value is -1.46. The molecule has 96 valence electrons. The van der Waals surface area contributed by atoms with Crippen LogP contribution in [0.15, 0.2) is 18.2 Å². The molecule has 5 heteroatoms. The van der Waals surface area contributed by atoms with Crippen LogP contribution in [0.5, 0.6) is 5.75 Å². The molecule has 0 unspecified atom stereocenters. The van der Waals surface area contributed by atoms with Gasteiger partial charge in [0.1, 0.15) is 12.4 Å². The maximum Gasteiger partial charge on any atom is 0.144 e. The highest BCUT2D eigenvalue weighted by Crippen LogP contribution is 2.29. The van der Waals surface area contributed by atoms with Crippen molar-refractivity contribution in [3.8, 4) is 5.75 Å². The number of ether oxygens (including phenoxy) is 3. The third-order valence-corrected chi connectivity index (χ3v) is 2.23. The van der Waals surface area contributed by atoms with Gasteiger partial charge in [0.25, 0.3) is 0 Å². The van der Waals surface area contributed by atoms with Crippen molar-refractivity contribution in [1.29, 1.82) is 0 Å². The molecule has 5 nitrogen and oxygen atoms in total. The molecule has 0 radical (unpaired) electrons. The Morgan fingerprint density at radius 3 is 2.65 bits per heavy atom. The van der Waals surface area contributed by atoms with E-state index in [1.807, 2.05) is 25.2 Å². The first-order valence-corrected chi connectivity index (χ1v) is 5.55. The largest absolute Gasteiger partial charge is 0.489 e. The topological polar surface area (TPSA) is 65.7 Å². The van der Waals surface area contributed by atoms with Crippen LogP contribution in [0.25, 0.3) is 0 Å². The summed E-state index contributed by atoms with van der Waals surface area (Å²) in [5.74, 6) is 0.739. The van der Waals surface area contributed by atoms with E-state index in [2.05, 4.69) is 5.32 Å². The second-order valence-electron chi connectivity index (χ2n) is 3.42. The van der Waals surface area contributed by atoms with E-state index in [1.165, 1.54) is 0 Å². The fraction of sp³-hybridized carbons (Fsp3) is 0.500. The predicted octanol–water partition coefficient (Wildman–Crippen LogP) is 1.35. The summed E-state index contributed by atoms with van der Waals surface area (Å²) in [5, 5.41) is 3.01. The number of nitrogens with one attached hydrogen (secondary N) is 1. The number of nitrogen functional groups attached to an aromatic ring is 1. The molecule has 0 aliphatic carbocycles. The van der Waals surface area contributed by atoms with Gasteiger partial charge in [-0.3, -0.25) is 0 Å². The Kier molecular flexibility index (Phi) is 6.21. The molecule has 0 spiro atoms. The van der Waals surface area contributed by atoms with Crippen molar-refractivity contribution in [3.05, 3.63) is 18.2 Å². The van der Waals surface area contributed by atoms with Gasteiger partial charge < -0.3 is 25.3 Å². The third-order valence-electron chi connectivity index (χ3n) is 2.23. The van der Waals surface area contributed by atoms with E-state index in [9.17, 15) is 0 Å². The van der Waals surface area contributed by atoms with Crippen molar-refractivity contribution in [2.75, 3.05) is 51.6 Å². The van der Waals surface area contributed by atoms with Crippen LogP contribution in [0.3, 0.4) is 0 Å². The molecule has 0 saturated heterocycles. The first-order chi connectivity index (χ1) is 8.29. The van der Waals surface area contributed by atoms with Gasteiger partial charge in [0.2, 0.25) is 0 Å². The smallest absolute Gasteiger partial charge is 0.144 e. The number of hydrogen-bond acceptors (Lipinski definition) is 5. The molecular formula is C12H20N2O3. The van der Waals surface area contributed by atoms with Crippen LogP contribution in [-0.2, 0) is 9.47 Å². The predicted molar refractivity (Wildman–Crippen MR) is 68.6 cm³/mol. The SMILES string of the molecule is CNc1c(N)cccc1OCCOCCOC. The third kappa shape index (κ3) is 4.50. The molecule has 0 bridgehead atoms. The average molecular weight is 240 g/mol. The van der Waals surface area contributed by atoms with E-state index >= 15 is 0 Å². The maximum absolute atomic E-state index is 5.81. The molecule has 1 aromatic rings. The first kappa shape index (κ1) is 13.6. The van der Waals surface area contributed by atoms with Gasteiger partial charge in [0, 0.05) is 14.2 Å². The first-order valence-electron chi connectivity index (χ1n) is 5.55. The highest BCUT2D eigenvalue weighted by molar-refractivity contribution is 5.73. The standard InChI is InChI=1S/C12H20N2O3/c1-14-12-10(13)4-3-5-11(12)17-9-8-16-7-6-15-2/h3-5,14H,6-9,13H2,1-2H3. The molecule has 0 atom stereocenters. The summed E-state index contributed by atoms with van der Waals surface area (Å²) in [7, 11) is 3.46. The summed E-state index contributed by atoms with van der Waals surface area (Å²) in [6, 6.07) is 5.56. The number of nitrogens with two attached hydrogens (primary N) is 1. The van der Waals surface area contributed by atoms with Crippen LogP contribution in [0, 0.1) is 0 Å². The van der Waals surface area contributed by atoms with E-state index in [4.69, 9.17) is 19.9 Å². The van der Waals surface area contributed by atoms with Crippen molar-refractivity contribution in [2.24, 2.45) is 0 Å². The number of para-hydroxylation sites is 1. The second kappa shape index (κ2) is 7.76. The maximum atomic E-state index is 5.81. The van der Waals surface area contributed by atoms with Gasteiger partial charge in [0.15, 0.2) is 0 Å². The van der Waals surface area contributed by atoms with Gasteiger partial charge >= 0.3 is 0 Å². The highest BCUT2D eigenvalue weighted by atomic mass is 16.5. The molecular weight excluding hydrogens is 220 g/mol. The van der Waals surface area contributed by atoms with Crippen LogP contribution in [0.1, 0.15) is 0 Å². The summed E-state index contributed by atoms with van der Waals surface area (Å²) in [6.45, 7) is 2.19. The lowest BCUT2D eigenvalue weighted by molar-refractivity contribution is 0.0545. The minimum absolute atomic E-state index is 0.488. The average Bonchev–Trinajstić information content (AvgIpc) is 2.34. The molecule has 17 heavy (non-hydrogen) atoms. The van der Waals surface area contributed by atoms with Crippen LogP contribution in [-0.4, -0.2) is 40.6 Å². The lowest BCUT2D eigenvalue weighted by Crippen LogP contribution is -2.11. The van der Waals surface area contributed by atoms with E-state index in [1.54, 1.807) is 7.11 Å². The van der Waals surface area contributed by atoms with Crippen LogP contribution in [0.4, 0.5) is 11.4 Å². The minimum atomic E-state index is 0.488. The number of rotatable bonds is 8. The van der Waals surface area contributed by atoms with Gasteiger partial charge in [0.05, 0.1) is 31.2 Å². The van der Waals surface area contributed by atoms with Crippen LogP contribution >= 0.6 is 0 Å². The number of benzene rings is 1. The summed E-state index contributed by atoms with van der Waals surface area (Å²) < 4.78 is 15.7. The van der Waals surface area contributed by atoms with E-state index in [-0.39, 0.29) is 0 Å². The normalized spacial score (nSPS) is 10.2. The Morgan fingerprint density at radius 2 is 1.94 bits per heavy atom. The van der Waals surface area contributed by atoms with Crippen molar-refractivity contribution in [1.82, 2.24) is 0 Å². The fourth-order valence-corrected chi connectivity index (χ4v) is 1.39. The number of anilines is 2. The lowest BCUT2D eigenvalue weighted by Gasteiger charge is -2.13. The number of methoxy groups -OCH3 is 1. The van der Waals surface area contributed by atoms with E-state index < -0.39 is 0 Å². The molecule has 0 aromatic heterocycles. The van der Waals surface area contributed by atoms with Crippen molar-refractivity contribution < 1.29 is 14.2 Å².